The SMILES string of the molecule is COc1cc(/C=N/NC(=O)CCCNC(=O)c2ccc([N+](=O)[O-])cc2)ccc1OC(=O)c1cc(OC)c(OC)c(OC)c1. The number of nitro benzene ring substituents is 1. The lowest BCUT2D eigenvalue weighted by atomic mass is 10.1. The van der Waals surface area contributed by atoms with E-state index in [9.17, 15) is 24.5 Å². The maximum atomic E-state index is 12.9. The average molecular weight is 595 g/mol. The molecule has 3 aromatic carbocycles. The molecule has 14 nitrogen and oxygen atoms in total. The van der Waals surface area contributed by atoms with E-state index in [-0.39, 0.29) is 47.2 Å². The average Bonchev–Trinajstić information content (AvgIpc) is 3.02. The number of nitrogens with one attached hydrogen (secondary N) is 2. The highest BCUT2D eigenvalue weighted by molar-refractivity contribution is 5.94. The van der Waals surface area contributed by atoms with Crippen molar-refractivity contribution in [2.75, 3.05) is 35.0 Å². The van der Waals surface area contributed by atoms with E-state index in [0.29, 0.717) is 29.2 Å². The largest absolute Gasteiger partial charge is 0.493 e. The van der Waals surface area contributed by atoms with Crippen LogP contribution in [0, 0.1) is 10.1 Å². The minimum absolute atomic E-state index is 0.0943. The Morgan fingerprint density at radius 2 is 1.49 bits per heavy atom. The van der Waals surface area contributed by atoms with Gasteiger partial charge in [0.1, 0.15) is 0 Å². The fraction of sp³-hybridized carbons (Fsp3) is 0.241. The summed E-state index contributed by atoms with van der Waals surface area (Å²) in [6.07, 6.45) is 1.83. The Hall–Kier alpha value is -5.66. The Balaban J connectivity index is 1.51. The topological polar surface area (TPSA) is 177 Å². The van der Waals surface area contributed by atoms with Crippen molar-refractivity contribution in [2.24, 2.45) is 5.10 Å². The Kier molecular flexibility index (Phi) is 11.4. The molecule has 0 spiro atoms. The molecule has 3 rings (SSSR count). The summed E-state index contributed by atoms with van der Waals surface area (Å²) in [4.78, 5) is 47.2. The number of benzene rings is 3. The van der Waals surface area contributed by atoms with Crippen LogP contribution in [-0.4, -0.2) is 63.9 Å². The molecule has 3 aromatic rings. The highest BCUT2D eigenvalue weighted by atomic mass is 16.6. The van der Waals surface area contributed by atoms with Crippen LogP contribution in [0.5, 0.6) is 28.7 Å². The molecule has 226 valence electrons. The molecule has 14 heteroatoms. The van der Waals surface area contributed by atoms with Gasteiger partial charge in [-0.1, -0.05) is 0 Å². The van der Waals surface area contributed by atoms with Crippen LogP contribution in [-0.2, 0) is 4.79 Å². The van der Waals surface area contributed by atoms with Crippen molar-refractivity contribution >= 4 is 29.7 Å². The molecule has 0 saturated heterocycles. The van der Waals surface area contributed by atoms with Crippen LogP contribution in [0.4, 0.5) is 5.69 Å². The third-order valence-electron chi connectivity index (χ3n) is 5.90. The highest BCUT2D eigenvalue weighted by Gasteiger charge is 2.20. The number of nitro groups is 1. The second kappa shape index (κ2) is 15.4. The Labute approximate surface area is 246 Å². The highest BCUT2D eigenvalue weighted by Crippen LogP contribution is 2.38. The van der Waals surface area contributed by atoms with Gasteiger partial charge in [0.15, 0.2) is 23.0 Å². The van der Waals surface area contributed by atoms with Gasteiger partial charge in [0.05, 0.1) is 45.1 Å². The van der Waals surface area contributed by atoms with Crippen molar-refractivity contribution in [2.45, 2.75) is 12.8 Å². The lowest BCUT2D eigenvalue weighted by Crippen LogP contribution is -2.26. The molecule has 0 aromatic heterocycles. The molecule has 0 aliphatic carbocycles. The van der Waals surface area contributed by atoms with E-state index in [1.54, 1.807) is 12.1 Å². The van der Waals surface area contributed by atoms with Gasteiger partial charge in [-0.2, -0.15) is 5.10 Å². The van der Waals surface area contributed by atoms with Crippen LogP contribution in [0.2, 0.25) is 0 Å². The van der Waals surface area contributed by atoms with Crippen LogP contribution >= 0.6 is 0 Å². The Morgan fingerprint density at radius 3 is 2.07 bits per heavy atom. The summed E-state index contributed by atoms with van der Waals surface area (Å²) in [5.74, 6) is -0.138. The number of hydrazone groups is 1. The summed E-state index contributed by atoms with van der Waals surface area (Å²) in [7, 11) is 5.74. The van der Waals surface area contributed by atoms with Crippen LogP contribution in [0.15, 0.2) is 59.7 Å². The number of esters is 1. The van der Waals surface area contributed by atoms with Crippen LogP contribution in [0.3, 0.4) is 0 Å². The zero-order valence-corrected chi connectivity index (χ0v) is 23.9. The molecular formula is C29H30N4O10. The number of hydrogen-bond acceptors (Lipinski definition) is 11. The number of hydrogen-bond donors (Lipinski definition) is 2. The lowest BCUT2D eigenvalue weighted by molar-refractivity contribution is -0.384. The molecular weight excluding hydrogens is 564 g/mol. The minimum Gasteiger partial charge on any atom is -0.493 e. The van der Waals surface area contributed by atoms with Gasteiger partial charge in [-0.15, -0.1) is 0 Å². The van der Waals surface area contributed by atoms with Crippen molar-refractivity contribution in [3.63, 3.8) is 0 Å². The van der Waals surface area contributed by atoms with Crippen molar-refractivity contribution < 1.29 is 43.0 Å². The van der Waals surface area contributed by atoms with E-state index < -0.39 is 16.8 Å². The lowest BCUT2D eigenvalue weighted by Gasteiger charge is -2.14. The number of nitrogens with zero attached hydrogens (tertiary/aromatic N) is 2. The van der Waals surface area contributed by atoms with E-state index in [0.717, 1.165) is 0 Å². The van der Waals surface area contributed by atoms with E-state index in [2.05, 4.69) is 15.8 Å². The molecule has 0 aliphatic rings. The van der Waals surface area contributed by atoms with Crippen LogP contribution in [0.1, 0.15) is 39.1 Å². The van der Waals surface area contributed by atoms with Crippen molar-refractivity contribution in [1.82, 2.24) is 10.7 Å². The van der Waals surface area contributed by atoms with Crippen molar-refractivity contribution in [3.8, 4) is 28.7 Å². The van der Waals surface area contributed by atoms with Gasteiger partial charge in [0.2, 0.25) is 11.7 Å². The fourth-order valence-corrected chi connectivity index (χ4v) is 3.73. The van der Waals surface area contributed by atoms with E-state index in [4.69, 9.17) is 23.7 Å². The Morgan fingerprint density at radius 1 is 0.837 bits per heavy atom. The number of ether oxygens (including phenoxy) is 5. The molecule has 0 fully saturated rings. The molecule has 2 N–H and O–H groups in total. The summed E-state index contributed by atoms with van der Waals surface area (Å²) < 4.78 is 26.7. The molecule has 43 heavy (non-hydrogen) atoms. The van der Waals surface area contributed by atoms with Gasteiger partial charge >= 0.3 is 5.97 Å². The van der Waals surface area contributed by atoms with Gasteiger partial charge in [0.25, 0.3) is 11.6 Å². The first-order valence-corrected chi connectivity index (χ1v) is 12.8. The Bertz CT molecular complexity index is 1480. The minimum atomic E-state index is -0.685. The zero-order valence-electron chi connectivity index (χ0n) is 23.9. The molecule has 0 bridgehead atoms. The summed E-state index contributed by atoms with van der Waals surface area (Å²) in [5, 5.41) is 17.3. The van der Waals surface area contributed by atoms with Gasteiger partial charge < -0.3 is 29.0 Å². The smallest absolute Gasteiger partial charge is 0.343 e. The molecule has 0 aliphatic heterocycles. The molecule has 2 amide bonds. The predicted octanol–water partition coefficient (Wildman–Crippen LogP) is 3.51. The van der Waals surface area contributed by atoms with Gasteiger partial charge in [-0.3, -0.25) is 19.7 Å². The quantitative estimate of drug-likeness (QED) is 0.0701. The summed E-state index contributed by atoms with van der Waals surface area (Å²) in [6, 6.07) is 12.8. The summed E-state index contributed by atoms with van der Waals surface area (Å²) in [6.45, 7) is 0.223. The number of rotatable bonds is 14. The second-order valence-electron chi connectivity index (χ2n) is 8.67. The van der Waals surface area contributed by atoms with E-state index >= 15 is 0 Å². The van der Waals surface area contributed by atoms with Crippen molar-refractivity contribution in [3.05, 3.63) is 81.4 Å². The number of methoxy groups -OCH3 is 4. The van der Waals surface area contributed by atoms with Crippen LogP contribution in [0.25, 0.3) is 0 Å². The van der Waals surface area contributed by atoms with Gasteiger partial charge in [-0.05, 0) is 54.4 Å². The summed E-state index contributed by atoms with van der Waals surface area (Å²) in [5.41, 5.74) is 3.28. The number of carbonyl (C=O) groups excluding carboxylic acids is 3. The first-order chi connectivity index (χ1) is 20.7. The number of non-ortho nitro benzene ring substituents is 1. The van der Waals surface area contributed by atoms with Gasteiger partial charge in [-0.25, -0.2) is 10.2 Å². The number of amides is 2. The molecule has 0 radical (unpaired) electrons. The molecule has 0 heterocycles. The zero-order chi connectivity index (χ0) is 31.4. The number of carbonyl (C=O) groups is 3. The fourth-order valence-electron chi connectivity index (χ4n) is 3.73. The van der Waals surface area contributed by atoms with Gasteiger partial charge in [0, 0.05) is 30.7 Å². The standard InChI is InChI=1S/C29H30N4O10/c1-39-23-14-18(7-12-22(23)43-29(36)20-15-24(40-2)27(42-4)25(16-20)41-3)17-31-32-26(34)6-5-13-30-28(35)19-8-10-21(11-9-19)33(37)38/h7-12,14-17H,5-6,13H2,1-4H3,(H,30,35)(H,32,34)/b31-17+. The van der Waals surface area contributed by atoms with E-state index in [1.807, 2.05) is 0 Å². The third-order valence-corrected chi connectivity index (χ3v) is 5.90. The molecule has 0 unspecified atom stereocenters. The normalized spacial score (nSPS) is 10.5. The maximum absolute atomic E-state index is 12.9. The van der Waals surface area contributed by atoms with Crippen LogP contribution < -0.4 is 34.4 Å². The summed E-state index contributed by atoms with van der Waals surface area (Å²) >= 11 is 0. The van der Waals surface area contributed by atoms with E-state index in [1.165, 1.54) is 77.1 Å². The predicted molar refractivity (Wildman–Crippen MR) is 154 cm³/mol. The maximum Gasteiger partial charge on any atom is 0.343 e. The first kappa shape index (κ1) is 31.9. The first-order valence-electron chi connectivity index (χ1n) is 12.8. The van der Waals surface area contributed by atoms with Crippen molar-refractivity contribution in [1.29, 1.82) is 0 Å². The third kappa shape index (κ3) is 8.66. The molecule has 0 atom stereocenters. The monoisotopic (exact) mass is 594 g/mol. The second-order valence-corrected chi connectivity index (χ2v) is 8.67. The molecule has 0 saturated carbocycles.